The van der Waals surface area contributed by atoms with Gasteiger partial charge in [-0.15, -0.1) is 0 Å². The SMILES string of the molecule is COc1cc(CNCCc2ncno2)ccc1/C(N)=N/O. The van der Waals surface area contributed by atoms with Gasteiger partial charge in [0.2, 0.25) is 5.89 Å². The number of amidine groups is 1. The predicted molar refractivity (Wildman–Crippen MR) is 75.2 cm³/mol. The third-order valence-electron chi connectivity index (χ3n) is 2.90. The largest absolute Gasteiger partial charge is 0.496 e. The van der Waals surface area contributed by atoms with E-state index in [2.05, 4.69) is 20.6 Å². The number of ether oxygens (including phenoxy) is 1. The summed E-state index contributed by atoms with van der Waals surface area (Å²) < 4.78 is 10.1. The number of methoxy groups -OCH3 is 1. The Morgan fingerprint density at radius 2 is 2.38 bits per heavy atom. The minimum Gasteiger partial charge on any atom is -0.496 e. The van der Waals surface area contributed by atoms with Crippen molar-refractivity contribution in [2.75, 3.05) is 13.7 Å². The Kier molecular flexibility index (Phi) is 5.10. The van der Waals surface area contributed by atoms with Gasteiger partial charge in [0.15, 0.2) is 12.2 Å². The standard InChI is InChI=1S/C13H17N5O3/c1-20-11-6-9(2-3-10(11)13(14)18-19)7-15-5-4-12-16-8-17-21-12/h2-3,6,8,15,19H,4-5,7H2,1H3,(H2,14,18). The van der Waals surface area contributed by atoms with Crippen molar-refractivity contribution in [3.8, 4) is 5.75 Å². The van der Waals surface area contributed by atoms with E-state index in [1.807, 2.05) is 12.1 Å². The molecule has 112 valence electrons. The molecule has 21 heavy (non-hydrogen) atoms. The van der Waals surface area contributed by atoms with Crippen molar-refractivity contribution in [1.29, 1.82) is 0 Å². The third-order valence-corrected chi connectivity index (χ3v) is 2.90. The van der Waals surface area contributed by atoms with Crippen molar-refractivity contribution in [3.63, 3.8) is 0 Å². The summed E-state index contributed by atoms with van der Waals surface area (Å²) in [5.74, 6) is 1.17. The van der Waals surface area contributed by atoms with Gasteiger partial charge in [0, 0.05) is 19.5 Å². The number of nitrogens with two attached hydrogens (primary N) is 1. The van der Waals surface area contributed by atoms with Crippen molar-refractivity contribution in [1.82, 2.24) is 15.5 Å². The van der Waals surface area contributed by atoms with E-state index >= 15 is 0 Å². The van der Waals surface area contributed by atoms with E-state index in [4.69, 9.17) is 20.2 Å². The number of hydrogen-bond donors (Lipinski definition) is 3. The molecule has 0 bridgehead atoms. The van der Waals surface area contributed by atoms with Crippen LogP contribution in [0.25, 0.3) is 0 Å². The Hall–Kier alpha value is -2.61. The Bertz CT molecular complexity index is 598. The van der Waals surface area contributed by atoms with Gasteiger partial charge >= 0.3 is 0 Å². The number of hydrogen-bond acceptors (Lipinski definition) is 7. The normalized spacial score (nSPS) is 11.6. The van der Waals surface area contributed by atoms with E-state index in [1.54, 1.807) is 6.07 Å². The quantitative estimate of drug-likeness (QED) is 0.223. The van der Waals surface area contributed by atoms with Crippen molar-refractivity contribution in [2.24, 2.45) is 10.9 Å². The molecule has 0 aliphatic heterocycles. The summed E-state index contributed by atoms with van der Waals surface area (Å²) in [6, 6.07) is 5.48. The summed E-state index contributed by atoms with van der Waals surface area (Å²) in [6.45, 7) is 1.37. The average molecular weight is 291 g/mol. The maximum absolute atomic E-state index is 8.72. The fourth-order valence-corrected chi connectivity index (χ4v) is 1.85. The van der Waals surface area contributed by atoms with Gasteiger partial charge in [-0.25, -0.2) is 0 Å². The number of nitrogens with zero attached hydrogens (tertiary/aromatic N) is 3. The molecule has 2 aromatic rings. The lowest BCUT2D eigenvalue weighted by atomic mass is 10.1. The van der Waals surface area contributed by atoms with Crippen LogP contribution in [-0.2, 0) is 13.0 Å². The molecule has 0 unspecified atom stereocenters. The molecule has 0 aliphatic rings. The van der Waals surface area contributed by atoms with Gasteiger partial charge in [-0.3, -0.25) is 0 Å². The van der Waals surface area contributed by atoms with Gasteiger partial charge in [0.1, 0.15) is 5.75 Å². The van der Waals surface area contributed by atoms with E-state index in [1.165, 1.54) is 13.4 Å². The van der Waals surface area contributed by atoms with E-state index in [0.717, 1.165) is 5.56 Å². The first kappa shape index (κ1) is 14.8. The van der Waals surface area contributed by atoms with Crippen LogP contribution in [-0.4, -0.2) is 34.8 Å². The predicted octanol–water partition coefficient (Wildman–Crippen LogP) is 0.505. The van der Waals surface area contributed by atoms with Crippen molar-refractivity contribution in [2.45, 2.75) is 13.0 Å². The molecule has 1 aromatic carbocycles. The van der Waals surface area contributed by atoms with Crippen LogP contribution >= 0.6 is 0 Å². The molecule has 0 saturated carbocycles. The van der Waals surface area contributed by atoms with Gasteiger partial charge in [-0.05, 0) is 17.7 Å². The molecule has 0 aliphatic carbocycles. The summed E-state index contributed by atoms with van der Waals surface area (Å²) in [5.41, 5.74) is 7.15. The van der Waals surface area contributed by atoms with Gasteiger partial charge in [0.05, 0.1) is 12.7 Å². The third kappa shape index (κ3) is 3.93. The fourth-order valence-electron chi connectivity index (χ4n) is 1.85. The maximum atomic E-state index is 8.72. The summed E-state index contributed by atoms with van der Waals surface area (Å²) >= 11 is 0. The lowest BCUT2D eigenvalue weighted by Crippen LogP contribution is -2.18. The van der Waals surface area contributed by atoms with Gasteiger partial charge in [0.25, 0.3) is 0 Å². The average Bonchev–Trinajstić information content (AvgIpc) is 3.04. The van der Waals surface area contributed by atoms with Gasteiger partial charge < -0.3 is 25.5 Å². The summed E-state index contributed by atoms with van der Waals surface area (Å²) in [5, 5.41) is 18.5. The highest BCUT2D eigenvalue weighted by Gasteiger charge is 2.08. The molecule has 8 nitrogen and oxygen atoms in total. The van der Waals surface area contributed by atoms with Crippen LogP contribution in [0.15, 0.2) is 34.2 Å². The number of rotatable bonds is 7. The molecule has 0 amide bonds. The van der Waals surface area contributed by atoms with E-state index < -0.39 is 0 Å². The molecule has 4 N–H and O–H groups in total. The zero-order valence-corrected chi connectivity index (χ0v) is 11.6. The first-order chi connectivity index (χ1) is 10.2. The number of nitrogens with one attached hydrogen (secondary N) is 1. The molecule has 0 atom stereocenters. The molecule has 0 saturated heterocycles. The van der Waals surface area contributed by atoms with Gasteiger partial charge in [-0.2, -0.15) is 4.98 Å². The Morgan fingerprint density at radius 3 is 3.05 bits per heavy atom. The number of benzene rings is 1. The Morgan fingerprint density at radius 1 is 1.52 bits per heavy atom. The first-order valence-electron chi connectivity index (χ1n) is 6.35. The van der Waals surface area contributed by atoms with Gasteiger partial charge in [-0.1, -0.05) is 16.4 Å². The highest BCUT2D eigenvalue weighted by atomic mass is 16.5. The van der Waals surface area contributed by atoms with E-state index in [0.29, 0.717) is 36.7 Å². The van der Waals surface area contributed by atoms with Crippen LogP contribution in [0.5, 0.6) is 5.75 Å². The molecule has 0 spiro atoms. The van der Waals surface area contributed by atoms with Crippen LogP contribution < -0.4 is 15.8 Å². The molecule has 0 radical (unpaired) electrons. The molecular formula is C13H17N5O3. The molecule has 1 heterocycles. The van der Waals surface area contributed by atoms with Crippen LogP contribution in [0.4, 0.5) is 0 Å². The van der Waals surface area contributed by atoms with Crippen LogP contribution in [0, 0.1) is 0 Å². The Balaban J connectivity index is 1.91. The number of aromatic nitrogens is 2. The maximum Gasteiger partial charge on any atom is 0.227 e. The second-order valence-electron chi connectivity index (χ2n) is 4.28. The highest BCUT2D eigenvalue weighted by molar-refractivity contribution is 5.99. The smallest absolute Gasteiger partial charge is 0.227 e. The summed E-state index contributed by atoms with van der Waals surface area (Å²) in [4.78, 5) is 3.94. The minimum absolute atomic E-state index is 0.0164. The fraction of sp³-hybridized carbons (Fsp3) is 0.308. The molecular weight excluding hydrogens is 274 g/mol. The zero-order chi connectivity index (χ0) is 15.1. The Labute approximate surface area is 121 Å². The van der Waals surface area contributed by atoms with Crippen molar-refractivity contribution in [3.05, 3.63) is 41.5 Å². The zero-order valence-electron chi connectivity index (χ0n) is 11.6. The highest BCUT2D eigenvalue weighted by Crippen LogP contribution is 2.20. The van der Waals surface area contributed by atoms with Crippen LogP contribution in [0.2, 0.25) is 0 Å². The lowest BCUT2D eigenvalue weighted by Gasteiger charge is -2.10. The molecule has 2 rings (SSSR count). The molecule has 0 fully saturated rings. The second kappa shape index (κ2) is 7.25. The van der Waals surface area contributed by atoms with Crippen molar-refractivity contribution < 1.29 is 14.5 Å². The van der Waals surface area contributed by atoms with E-state index in [-0.39, 0.29) is 5.84 Å². The second-order valence-corrected chi connectivity index (χ2v) is 4.28. The topological polar surface area (TPSA) is 119 Å². The minimum atomic E-state index is 0.0164. The summed E-state index contributed by atoms with van der Waals surface area (Å²) in [6.07, 6.45) is 2.05. The monoisotopic (exact) mass is 291 g/mol. The van der Waals surface area contributed by atoms with Crippen molar-refractivity contribution >= 4 is 5.84 Å². The first-order valence-corrected chi connectivity index (χ1v) is 6.35. The number of oxime groups is 1. The van der Waals surface area contributed by atoms with E-state index in [9.17, 15) is 0 Å². The molecule has 1 aromatic heterocycles. The van der Waals surface area contributed by atoms with Crippen LogP contribution in [0.3, 0.4) is 0 Å². The van der Waals surface area contributed by atoms with Crippen LogP contribution in [0.1, 0.15) is 17.0 Å². The lowest BCUT2D eigenvalue weighted by molar-refractivity contribution is 0.318. The summed E-state index contributed by atoms with van der Waals surface area (Å²) in [7, 11) is 1.54. The molecule has 8 heteroatoms.